The summed E-state index contributed by atoms with van der Waals surface area (Å²) >= 11 is 0. The lowest BCUT2D eigenvalue weighted by Crippen LogP contribution is -2.26. The maximum atomic E-state index is 13.8. The fourth-order valence-corrected chi connectivity index (χ4v) is 4.26. The van der Waals surface area contributed by atoms with Gasteiger partial charge in [0.1, 0.15) is 23.1 Å². The van der Waals surface area contributed by atoms with Crippen molar-refractivity contribution in [2.75, 3.05) is 23.3 Å². The third-order valence-corrected chi connectivity index (χ3v) is 5.88. The van der Waals surface area contributed by atoms with Gasteiger partial charge in [0.05, 0.1) is 11.9 Å². The Morgan fingerprint density at radius 1 is 1.09 bits per heavy atom. The number of fused-ring (bicyclic) bond motifs is 1. The van der Waals surface area contributed by atoms with Crippen LogP contribution in [0, 0.1) is 11.6 Å². The van der Waals surface area contributed by atoms with Gasteiger partial charge in [0.25, 0.3) is 5.91 Å². The molecule has 1 aliphatic rings. The Morgan fingerprint density at radius 3 is 2.67 bits per heavy atom. The smallest absolute Gasteiger partial charge is 0.272 e. The Morgan fingerprint density at radius 2 is 1.94 bits per heavy atom. The van der Waals surface area contributed by atoms with Gasteiger partial charge < -0.3 is 20.5 Å². The predicted molar refractivity (Wildman–Crippen MR) is 124 cm³/mol. The molecule has 3 heterocycles. The van der Waals surface area contributed by atoms with Crippen LogP contribution >= 0.6 is 0 Å². The zero-order valence-electron chi connectivity index (χ0n) is 17.8. The molecule has 0 aliphatic carbocycles. The zero-order valence-corrected chi connectivity index (χ0v) is 17.8. The molecule has 1 aliphatic heterocycles. The van der Waals surface area contributed by atoms with Crippen molar-refractivity contribution in [3.8, 4) is 0 Å². The van der Waals surface area contributed by atoms with Crippen LogP contribution in [0.2, 0.25) is 0 Å². The predicted octanol–water partition coefficient (Wildman–Crippen LogP) is 4.15. The lowest BCUT2D eigenvalue weighted by atomic mass is 10.2. The number of pyridine rings is 1. The van der Waals surface area contributed by atoms with Crippen molar-refractivity contribution in [3.63, 3.8) is 0 Å². The lowest BCUT2D eigenvalue weighted by molar-refractivity contribution is 0.101. The van der Waals surface area contributed by atoms with Crippen molar-refractivity contribution in [2.24, 2.45) is 5.73 Å². The minimum atomic E-state index is -0.390. The summed E-state index contributed by atoms with van der Waals surface area (Å²) in [5.74, 6) is -0.290. The van der Waals surface area contributed by atoms with E-state index in [4.69, 9.17) is 5.73 Å². The standard InChI is InChI=1S/C25H23F2N5O/c26-18-3-1-2-16(10-18)14-32-22-6-4-19(27)11-17(22)12-23(32)25(33)30-21-5-7-24(29-13-21)31-9-8-20(28)15-31/h1-7,10-13,20H,8-9,14-15,28H2,(H,30,33). The molecule has 8 heteroatoms. The summed E-state index contributed by atoms with van der Waals surface area (Å²) in [5, 5.41) is 3.46. The maximum Gasteiger partial charge on any atom is 0.272 e. The van der Waals surface area contributed by atoms with E-state index >= 15 is 0 Å². The second kappa shape index (κ2) is 8.63. The summed E-state index contributed by atoms with van der Waals surface area (Å²) in [4.78, 5) is 19.7. The normalized spacial score (nSPS) is 15.8. The summed E-state index contributed by atoms with van der Waals surface area (Å²) in [7, 11) is 0. The molecule has 0 spiro atoms. The van der Waals surface area contributed by atoms with Crippen LogP contribution in [0.5, 0.6) is 0 Å². The molecule has 1 saturated heterocycles. The molecule has 6 nitrogen and oxygen atoms in total. The van der Waals surface area contributed by atoms with Crippen LogP contribution in [-0.4, -0.2) is 34.6 Å². The molecule has 33 heavy (non-hydrogen) atoms. The quantitative estimate of drug-likeness (QED) is 0.482. The second-order valence-corrected chi connectivity index (χ2v) is 8.30. The van der Waals surface area contributed by atoms with Gasteiger partial charge in [-0.1, -0.05) is 12.1 Å². The van der Waals surface area contributed by atoms with Crippen LogP contribution in [-0.2, 0) is 6.54 Å². The average Bonchev–Trinajstić information content (AvgIpc) is 3.38. The Kier molecular flexibility index (Phi) is 5.51. The van der Waals surface area contributed by atoms with Gasteiger partial charge in [-0.25, -0.2) is 13.8 Å². The summed E-state index contributed by atoms with van der Waals surface area (Å²) in [5.41, 5.74) is 8.23. The molecule has 0 radical (unpaired) electrons. The fraction of sp³-hybridized carbons (Fsp3) is 0.200. The molecule has 3 N–H and O–H groups in total. The number of anilines is 2. The molecular formula is C25H23F2N5O. The molecule has 1 atom stereocenters. The molecule has 0 saturated carbocycles. The van der Waals surface area contributed by atoms with Crippen LogP contribution < -0.4 is 16.0 Å². The molecule has 1 fully saturated rings. The van der Waals surface area contributed by atoms with E-state index in [9.17, 15) is 13.6 Å². The highest BCUT2D eigenvalue weighted by Crippen LogP contribution is 2.24. The van der Waals surface area contributed by atoms with E-state index in [0.717, 1.165) is 25.3 Å². The van der Waals surface area contributed by atoms with E-state index in [0.29, 0.717) is 27.8 Å². The van der Waals surface area contributed by atoms with Gasteiger partial charge in [-0.3, -0.25) is 4.79 Å². The number of hydrogen-bond acceptors (Lipinski definition) is 4. The van der Waals surface area contributed by atoms with Gasteiger partial charge >= 0.3 is 0 Å². The van der Waals surface area contributed by atoms with E-state index < -0.39 is 5.82 Å². The third kappa shape index (κ3) is 4.42. The highest BCUT2D eigenvalue weighted by Gasteiger charge is 2.21. The highest BCUT2D eigenvalue weighted by molar-refractivity contribution is 6.06. The molecule has 2 aromatic heterocycles. The number of halogens is 2. The van der Waals surface area contributed by atoms with Crippen LogP contribution in [0.1, 0.15) is 22.5 Å². The van der Waals surface area contributed by atoms with Crippen molar-refractivity contribution in [1.82, 2.24) is 9.55 Å². The van der Waals surface area contributed by atoms with Gasteiger partial charge in [0.2, 0.25) is 0 Å². The van der Waals surface area contributed by atoms with Gasteiger partial charge in [0, 0.05) is 36.6 Å². The minimum Gasteiger partial charge on any atom is -0.355 e. The molecule has 1 unspecified atom stereocenters. The van der Waals surface area contributed by atoms with Gasteiger partial charge in [-0.2, -0.15) is 0 Å². The number of nitrogens with two attached hydrogens (primary N) is 1. The first kappa shape index (κ1) is 21.1. The fourth-order valence-electron chi connectivity index (χ4n) is 4.26. The maximum absolute atomic E-state index is 13.8. The molecule has 5 rings (SSSR count). The number of hydrogen-bond donors (Lipinski definition) is 2. The number of amides is 1. The zero-order chi connectivity index (χ0) is 22.9. The van der Waals surface area contributed by atoms with Crippen molar-refractivity contribution in [1.29, 1.82) is 0 Å². The summed E-state index contributed by atoms with van der Waals surface area (Å²) in [6.07, 6.45) is 2.53. The third-order valence-electron chi connectivity index (χ3n) is 5.88. The largest absolute Gasteiger partial charge is 0.355 e. The summed E-state index contributed by atoms with van der Waals surface area (Å²) < 4.78 is 29.3. The molecule has 2 aromatic carbocycles. The monoisotopic (exact) mass is 447 g/mol. The SMILES string of the molecule is NC1CCN(c2ccc(NC(=O)c3cc4cc(F)ccc4n3Cc3cccc(F)c3)cn2)C1. The van der Waals surface area contributed by atoms with Crippen molar-refractivity contribution < 1.29 is 13.6 Å². The number of carbonyl (C=O) groups is 1. The van der Waals surface area contributed by atoms with Gasteiger partial charge in [-0.15, -0.1) is 0 Å². The topological polar surface area (TPSA) is 76.2 Å². The molecule has 0 bridgehead atoms. The number of benzene rings is 2. The number of carbonyl (C=O) groups excluding carboxylic acids is 1. The number of aromatic nitrogens is 2. The first-order valence-electron chi connectivity index (χ1n) is 10.8. The lowest BCUT2D eigenvalue weighted by Gasteiger charge is -2.17. The Hall–Kier alpha value is -3.78. The van der Waals surface area contributed by atoms with E-state index in [-0.39, 0.29) is 24.3 Å². The first-order chi connectivity index (χ1) is 16.0. The number of rotatable bonds is 5. The van der Waals surface area contributed by atoms with Crippen LogP contribution in [0.3, 0.4) is 0 Å². The van der Waals surface area contributed by atoms with E-state index in [1.54, 1.807) is 41.1 Å². The Bertz CT molecular complexity index is 1320. The van der Waals surface area contributed by atoms with Crippen LogP contribution in [0.15, 0.2) is 66.9 Å². The van der Waals surface area contributed by atoms with Crippen LogP contribution in [0.25, 0.3) is 10.9 Å². The number of nitrogens with zero attached hydrogens (tertiary/aromatic N) is 3. The highest BCUT2D eigenvalue weighted by atomic mass is 19.1. The van der Waals surface area contributed by atoms with E-state index in [1.807, 2.05) is 6.07 Å². The number of nitrogens with one attached hydrogen (secondary N) is 1. The van der Waals surface area contributed by atoms with Crippen molar-refractivity contribution >= 4 is 28.3 Å². The Labute approximate surface area is 189 Å². The minimum absolute atomic E-state index is 0.149. The van der Waals surface area contributed by atoms with Crippen LogP contribution in [0.4, 0.5) is 20.3 Å². The van der Waals surface area contributed by atoms with Gasteiger partial charge in [0.15, 0.2) is 0 Å². The summed E-state index contributed by atoms with van der Waals surface area (Å²) in [6, 6.07) is 16.0. The first-order valence-corrected chi connectivity index (χ1v) is 10.8. The molecule has 1 amide bonds. The van der Waals surface area contributed by atoms with Crippen molar-refractivity contribution in [3.05, 3.63) is 89.8 Å². The molecule has 4 aromatic rings. The van der Waals surface area contributed by atoms with Crippen molar-refractivity contribution in [2.45, 2.75) is 19.0 Å². The average molecular weight is 447 g/mol. The molecule has 168 valence electrons. The van der Waals surface area contributed by atoms with Gasteiger partial charge in [-0.05, 0) is 60.5 Å². The molecular weight excluding hydrogens is 424 g/mol. The second-order valence-electron chi connectivity index (χ2n) is 8.30. The Balaban J connectivity index is 1.43. The van der Waals surface area contributed by atoms with E-state index in [1.165, 1.54) is 24.3 Å². The summed E-state index contributed by atoms with van der Waals surface area (Å²) in [6.45, 7) is 1.88. The van der Waals surface area contributed by atoms with E-state index in [2.05, 4.69) is 15.2 Å².